The maximum Gasteiger partial charge on any atom is 0.296 e. The number of fused-ring (bicyclic) bond motifs is 1. The van der Waals surface area contributed by atoms with Crippen LogP contribution in [0.25, 0.3) is 0 Å². The molecule has 0 fully saturated rings. The second-order valence-corrected chi connectivity index (χ2v) is 6.77. The van der Waals surface area contributed by atoms with E-state index in [1.165, 1.54) is 35.8 Å². The average molecular weight is 388 g/mol. The summed E-state index contributed by atoms with van der Waals surface area (Å²) in [5, 5.41) is 12.8. The maximum atomic E-state index is 12.9. The van der Waals surface area contributed by atoms with Crippen molar-refractivity contribution in [1.82, 2.24) is 19.8 Å². The van der Waals surface area contributed by atoms with E-state index in [2.05, 4.69) is 10.3 Å². The molecule has 28 heavy (non-hydrogen) atoms. The lowest BCUT2D eigenvalue weighted by Crippen LogP contribution is -2.45. The van der Waals surface area contributed by atoms with Gasteiger partial charge in [-0.25, -0.2) is 9.37 Å². The fourth-order valence-corrected chi connectivity index (χ4v) is 3.17. The van der Waals surface area contributed by atoms with Crippen molar-refractivity contribution in [3.63, 3.8) is 0 Å². The number of carbonyl (C=O) groups excluding carboxylic acids is 2. The van der Waals surface area contributed by atoms with Gasteiger partial charge in [0.15, 0.2) is 5.69 Å². The molecule has 2 aromatic rings. The van der Waals surface area contributed by atoms with E-state index < -0.39 is 17.2 Å². The normalized spacial score (nSPS) is 15.6. The Morgan fingerprint density at radius 3 is 2.68 bits per heavy atom. The first kappa shape index (κ1) is 19.5. The molecule has 2 N–H and O–H groups in total. The zero-order valence-corrected chi connectivity index (χ0v) is 15.6. The second kappa shape index (κ2) is 7.79. The minimum absolute atomic E-state index is 0.101. The summed E-state index contributed by atoms with van der Waals surface area (Å²) in [6, 6.07) is 5.42. The van der Waals surface area contributed by atoms with Gasteiger partial charge in [0.1, 0.15) is 11.6 Å². The molecule has 1 aliphatic rings. The standard InChI is InChI=1S/C19H21FN4O4/c1-11(25)23(2)14-7-8-15-22-16(17(26)19(28)24(15)10-14)18(27)21-9-12-3-5-13(20)6-4-12/h3-6,14,26H,7-10H2,1-2H3,(H,21,27)/t14-/m0/s1. The topological polar surface area (TPSA) is 105 Å². The quantitative estimate of drug-likeness (QED) is 0.807. The molecule has 2 heterocycles. The van der Waals surface area contributed by atoms with Crippen molar-refractivity contribution in [2.45, 2.75) is 38.9 Å². The number of hydrogen-bond acceptors (Lipinski definition) is 5. The van der Waals surface area contributed by atoms with Crippen LogP contribution in [0.3, 0.4) is 0 Å². The van der Waals surface area contributed by atoms with E-state index in [1.54, 1.807) is 11.9 Å². The van der Waals surface area contributed by atoms with Gasteiger partial charge in [-0.2, -0.15) is 0 Å². The maximum absolute atomic E-state index is 12.9. The number of likely N-dealkylation sites (N-methyl/N-ethyl adjacent to an activating group) is 1. The van der Waals surface area contributed by atoms with E-state index in [9.17, 15) is 23.9 Å². The highest BCUT2D eigenvalue weighted by Gasteiger charge is 2.28. The van der Waals surface area contributed by atoms with Gasteiger partial charge in [0.05, 0.1) is 0 Å². The Labute approximate surface area is 160 Å². The average Bonchev–Trinajstić information content (AvgIpc) is 2.69. The number of halogens is 1. The van der Waals surface area contributed by atoms with Gasteiger partial charge in [-0.1, -0.05) is 12.1 Å². The molecule has 8 nitrogen and oxygen atoms in total. The summed E-state index contributed by atoms with van der Waals surface area (Å²) in [4.78, 5) is 42.2. The molecule has 0 unspecified atom stereocenters. The summed E-state index contributed by atoms with van der Waals surface area (Å²) in [7, 11) is 1.66. The van der Waals surface area contributed by atoms with Gasteiger partial charge < -0.3 is 15.3 Å². The van der Waals surface area contributed by atoms with Gasteiger partial charge in [-0.05, 0) is 24.1 Å². The van der Waals surface area contributed by atoms with E-state index >= 15 is 0 Å². The Morgan fingerprint density at radius 1 is 1.36 bits per heavy atom. The summed E-state index contributed by atoms with van der Waals surface area (Å²) < 4.78 is 14.2. The van der Waals surface area contributed by atoms with Crippen LogP contribution in [-0.2, 0) is 24.3 Å². The van der Waals surface area contributed by atoms with Gasteiger partial charge in [-0.15, -0.1) is 0 Å². The fourth-order valence-electron chi connectivity index (χ4n) is 3.17. The Kier molecular flexibility index (Phi) is 5.43. The van der Waals surface area contributed by atoms with Crippen LogP contribution in [0.4, 0.5) is 4.39 Å². The van der Waals surface area contributed by atoms with E-state index in [-0.39, 0.29) is 36.5 Å². The minimum Gasteiger partial charge on any atom is -0.501 e. The molecule has 0 aliphatic carbocycles. The fraction of sp³-hybridized carbons (Fsp3) is 0.368. The van der Waals surface area contributed by atoms with Crippen LogP contribution in [0.15, 0.2) is 29.1 Å². The Balaban J connectivity index is 1.79. The smallest absolute Gasteiger partial charge is 0.296 e. The summed E-state index contributed by atoms with van der Waals surface area (Å²) in [5.74, 6) is -1.53. The predicted molar refractivity (Wildman–Crippen MR) is 98.3 cm³/mol. The van der Waals surface area contributed by atoms with Crippen LogP contribution >= 0.6 is 0 Å². The van der Waals surface area contributed by atoms with Gasteiger partial charge in [0, 0.05) is 39.5 Å². The zero-order valence-electron chi connectivity index (χ0n) is 15.6. The number of aryl methyl sites for hydroxylation is 1. The third kappa shape index (κ3) is 3.88. The number of nitrogens with one attached hydrogen (secondary N) is 1. The molecule has 1 aliphatic heterocycles. The van der Waals surface area contributed by atoms with Crippen LogP contribution in [0.2, 0.25) is 0 Å². The highest BCUT2D eigenvalue weighted by atomic mass is 19.1. The van der Waals surface area contributed by atoms with Crippen molar-refractivity contribution < 1.29 is 19.1 Å². The first-order valence-electron chi connectivity index (χ1n) is 8.86. The Morgan fingerprint density at radius 2 is 2.04 bits per heavy atom. The minimum atomic E-state index is -0.730. The monoisotopic (exact) mass is 388 g/mol. The molecule has 1 atom stereocenters. The van der Waals surface area contributed by atoms with E-state index in [0.717, 1.165) is 0 Å². The van der Waals surface area contributed by atoms with Gasteiger partial charge >= 0.3 is 0 Å². The van der Waals surface area contributed by atoms with Crippen molar-refractivity contribution in [3.8, 4) is 5.75 Å². The van der Waals surface area contributed by atoms with Crippen molar-refractivity contribution in [3.05, 3.63) is 57.5 Å². The third-order valence-electron chi connectivity index (χ3n) is 4.94. The molecule has 0 saturated carbocycles. The molecule has 0 saturated heterocycles. The molecule has 0 bridgehead atoms. The van der Waals surface area contributed by atoms with Gasteiger partial charge in [0.2, 0.25) is 11.7 Å². The zero-order chi connectivity index (χ0) is 20.4. The van der Waals surface area contributed by atoms with Crippen LogP contribution in [0, 0.1) is 5.82 Å². The first-order valence-corrected chi connectivity index (χ1v) is 8.86. The molecule has 0 radical (unpaired) electrons. The van der Waals surface area contributed by atoms with Crippen LogP contribution < -0.4 is 10.9 Å². The summed E-state index contributed by atoms with van der Waals surface area (Å²) >= 11 is 0. The molecule has 148 valence electrons. The van der Waals surface area contributed by atoms with Crippen molar-refractivity contribution >= 4 is 11.8 Å². The van der Waals surface area contributed by atoms with E-state index in [1.807, 2.05) is 0 Å². The molecule has 0 spiro atoms. The molecule has 1 aromatic heterocycles. The van der Waals surface area contributed by atoms with Crippen molar-refractivity contribution in [2.24, 2.45) is 0 Å². The lowest BCUT2D eigenvalue weighted by Gasteiger charge is -2.32. The molecule has 9 heteroatoms. The molecule has 3 rings (SSSR count). The van der Waals surface area contributed by atoms with Crippen LogP contribution in [-0.4, -0.2) is 44.5 Å². The Hall–Kier alpha value is -3.23. The lowest BCUT2D eigenvalue weighted by molar-refractivity contribution is -0.130. The SMILES string of the molecule is CC(=O)N(C)[C@H]1CCc2nc(C(=O)NCc3ccc(F)cc3)c(O)c(=O)n2C1. The largest absolute Gasteiger partial charge is 0.501 e. The first-order chi connectivity index (χ1) is 13.3. The summed E-state index contributed by atoms with van der Waals surface area (Å²) in [5.41, 5.74) is -0.380. The highest BCUT2D eigenvalue weighted by Crippen LogP contribution is 2.19. The van der Waals surface area contributed by atoms with E-state index in [4.69, 9.17) is 0 Å². The number of amides is 2. The molecular formula is C19H21FN4O4. The molecule has 2 amide bonds. The number of carbonyl (C=O) groups is 2. The summed E-state index contributed by atoms with van der Waals surface area (Å²) in [6.07, 6.45) is 1.000. The van der Waals surface area contributed by atoms with Gasteiger partial charge in [-0.3, -0.25) is 19.0 Å². The van der Waals surface area contributed by atoms with Crippen LogP contribution in [0.5, 0.6) is 5.75 Å². The number of hydrogen-bond donors (Lipinski definition) is 2. The number of rotatable bonds is 4. The number of nitrogens with zero attached hydrogens (tertiary/aromatic N) is 3. The third-order valence-corrected chi connectivity index (χ3v) is 4.94. The van der Waals surface area contributed by atoms with Crippen molar-refractivity contribution in [1.29, 1.82) is 0 Å². The van der Waals surface area contributed by atoms with Crippen LogP contribution in [0.1, 0.15) is 35.2 Å². The molecule has 1 aromatic carbocycles. The predicted octanol–water partition coefficient (Wildman–Crippen LogP) is 0.811. The Bertz CT molecular complexity index is 971. The lowest BCUT2D eigenvalue weighted by atomic mass is 10.0. The van der Waals surface area contributed by atoms with E-state index in [0.29, 0.717) is 24.2 Å². The second-order valence-electron chi connectivity index (χ2n) is 6.77. The highest BCUT2D eigenvalue weighted by molar-refractivity contribution is 5.94. The molecular weight excluding hydrogens is 367 g/mol. The van der Waals surface area contributed by atoms with Crippen molar-refractivity contribution in [2.75, 3.05) is 7.05 Å². The number of benzene rings is 1. The summed E-state index contributed by atoms with van der Waals surface area (Å²) in [6.45, 7) is 1.76. The number of aromatic nitrogens is 2. The number of aromatic hydroxyl groups is 1. The van der Waals surface area contributed by atoms with Gasteiger partial charge in [0.25, 0.3) is 11.5 Å².